The monoisotopic (exact) mass is 296 g/mol. The van der Waals surface area contributed by atoms with Gasteiger partial charge in [0.15, 0.2) is 0 Å². The van der Waals surface area contributed by atoms with Crippen LogP contribution in [0.5, 0.6) is 0 Å². The van der Waals surface area contributed by atoms with Crippen molar-refractivity contribution in [1.29, 1.82) is 0 Å². The van der Waals surface area contributed by atoms with Gasteiger partial charge in [0.05, 0.1) is 5.56 Å². The molecule has 0 atom stereocenters. The van der Waals surface area contributed by atoms with E-state index in [1.54, 1.807) is 6.07 Å². The number of alkyl halides is 2. The third-order valence-electron chi connectivity index (χ3n) is 4.30. The molecule has 0 unspecified atom stereocenters. The number of aromatic carboxylic acids is 1. The number of hydrogen-bond acceptors (Lipinski definition) is 1. The number of carbonyl (C=O) groups is 1. The van der Waals surface area contributed by atoms with Gasteiger partial charge in [0.2, 0.25) is 5.92 Å². The molecule has 1 fully saturated rings. The van der Waals surface area contributed by atoms with Crippen LogP contribution in [0.4, 0.5) is 8.78 Å². The molecular weight excluding hydrogens is 274 g/mol. The van der Waals surface area contributed by atoms with Gasteiger partial charge in [0.1, 0.15) is 0 Å². The molecule has 1 N–H and O–H groups in total. The molecule has 2 nitrogen and oxygen atoms in total. The first-order valence-electron chi connectivity index (χ1n) is 7.36. The molecule has 1 aliphatic rings. The van der Waals surface area contributed by atoms with Crippen molar-refractivity contribution in [3.63, 3.8) is 0 Å². The van der Waals surface area contributed by atoms with Crippen LogP contribution in [0.1, 0.15) is 73.9 Å². The molecule has 116 valence electrons. The van der Waals surface area contributed by atoms with Gasteiger partial charge in [-0.05, 0) is 41.4 Å². The first-order chi connectivity index (χ1) is 9.60. The van der Waals surface area contributed by atoms with E-state index in [1.165, 1.54) is 0 Å². The summed E-state index contributed by atoms with van der Waals surface area (Å²) in [5, 5.41) is 9.34. The lowest BCUT2D eigenvalue weighted by Crippen LogP contribution is -2.25. The molecule has 0 amide bonds. The SMILES string of the molecule is CC(C)(C)c1ccc(C(=O)O)c(C2CCC(F)(F)CC2)c1. The molecule has 1 aliphatic carbocycles. The Morgan fingerprint density at radius 3 is 2.29 bits per heavy atom. The topological polar surface area (TPSA) is 37.3 Å². The van der Waals surface area contributed by atoms with E-state index in [4.69, 9.17) is 0 Å². The molecule has 1 aromatic carbocycles. The molecular formula is C17H22F2O2. The van der Waals surface area contributed by atoms with Crippen molar-refractivity contribution in [3.8, 4) is 0 Å². The Kier molecular flexibility index (Phi) is 4.09. The van der Waals surface area contributed by atoms with E-state index in [0.717, 1.165) is 5.56 Å². The van der Waals surface area contributed by atoms with Gasteiger partial charge in [0, 0.05) is 12.8 Å². The van der Waals surface area contributed by atoms with Gasteiger partial charge in [-0.15, -0.1) is 0 Å². The van der Waals surface area contributed by atoms with Gasteiger partial charge in [0.25, 0.3) is 0 Å². The molecule has 0 saturated heterocycles. The van der Waals surface area contributed by atoms with Crippen LogP contribution in [0.3, 0.4) is 0 Å². The number of halogens is 2. The van der Waals surface area contributed by atoms with Gasteiger partial charge in [-0.1, -0.05) is 32.9 Å². The second-order valence-electron chi connectivity index (χ2n) is 6.99. The van der Waals surface area contributed by atoms with Crippen LogP contribution in [-0.4, -0.2) is 17.0 Å². The Morgan fingerprint density at radius 1 is 1.24 bits per heavy atom. The Balaban J connectivity index is 2.38. The Labute approximate surface area is 124 Å². The summed E-state index contributed by atoms with van der Waals surface area (Å²) >= 11 is 0. The van der Waals surface area contributed by atoms with Crippen LogP contribution >= 0.6 is 0 Å². The number of carboxylic acids is 1. The molecule has 4 heteroatoms. The van der Waals surface area contributed by atoms with Crippen LogP contribution in [0, 0.1) is 0 Å². The highest BCUT2D eigenvalue weighted by atomic mass is 19.3. The van der Waals surface area contributed by atoms with E-state index in [2.05, 4.69) is 20.8 Å². The van der Waals surface area contributed by atoms with Crippen molar-refractivity contribution < 1.29 is 18.7 Å². The van der Waals surface area contributed by atoms with Crippen LogP contribution in [0.25, 0.3) is 0 Å². The summed E-state index contributed by atoms with van der Waals surface area (Å²) in [6.45, 7) is 6.17. The van der Waals surface area contributed by atoms with Crippen LogP contribution in [-0.2, 0) is 5.41 Å². The smallest absolute Gasteiger partial charge is 0.335 e. The van der Waals surface area contributed by atoms with E-state index in [9.17, 15) is 18.7 Å². The van der Waals surface area contributed by atoms with Crippen molar-refractivity contribution in [2.24, 2.45) is 0 Å². The highest BCUT2D eigenvalue weighted by molar-refractivity contribution is 5.89. The van der Waals surface area contributed by atoms with Crippen LogP contribution in [0.15, 0.2) is 18.2 Å². The lowest BCUT2D eigenvalue weighted by atomic mass is 9.77. The highest BCUT2D eigenvalue weighted by Gasteiger charge is 2.36. The van der Waals surface area contributed by atoms with E-state index >= 15 is 0 Å². The van der Waals surface area contributed by atoms with Crippen molar-refractivity contribution in [1.82, 2.24) is 0 Å². The third kappa shape index (κ3) is 3.60. The first-order valence-corrected chi connectivity index (χ1v) is 7.36. The van der Waals surface area contributed by atoms with Crippen molar-refractivity contribution >= 4 is 5.97 Å². The number of benzene rings is 1. The quantitative estimate of drug-likeness (QED) is 0.836. The minimum absolute atomic E-state index is 0.0852. The van der Waals surface area contributed by atoms with Gasteiger partial charge < -0.3 is 5.11 Å². The fourth-order valence-electron chi connectivity index (χ4n) is 2.91. The maximum Gasteiger partial charge on any atom is 0.335 e. The molecule has 1 saturated carbocycles. The van der Waals surface area contributed by atoms with E-state index in [0.29, 0.717) is 18.4 Å². The average molecular weight is 296 g/mol. The second kappa shape index (κ2) is 5.39. The predicted molar refractivity (Wildman–Crippen MR) is 78.3 cm³/mol. The summed E-state index contributed by atoms with van der Waals surface area (Å²) < 4.78 is 26.6. The van der Waals surface area contributed by atoms with Crippen molar-refractivity contribution in [2.75, 3.05) is 0 Å². The zero-order chi connectivity index (χ0) is 15.8. The maximum absolute atomic E-state index is 13.3. The standard InChI is InChI=1S/C17H22F2O2/c1-16(2,3)12-4-5-13(15(20)21)14(10-12)11-6-8-17(18,19)9-7-11/h4-5,10-11H,6-9H2,1-3H3,(H,20,21). The normalized spacial score (nSPS) is 19.5. The van der Waals surface area contributed by atoms with Gasteiger partial charge in [-0.2, -0.15) is 0 Å². The molecule has 21 heavy (non-hydrogen) atoms. The summed E-state index contributed by atoms with van der Waals surface area (Å²) in [6, 6.07) is 5.34. The zero-order valence-electron chi connectivity index (χ0n) is 12.7. The zero-order valence-corrected chi connectivity index (χ0v) is 12.7. The molecule has 2 rings (SSSR count). The molecule has 0 radical (unpaired) electrons. The van der Waals surface area contributed by atoms with Crippen LogP contribution in [0.2, 0.25) is 0 Å². The third-order valence-corrected chi connectivity index (χ3v) is 4.30. The Morgan fingerprint density at radius 2 is 1.81 bits per heavy atom. The Hall–Kier alpha value is -1.45. The number of carboxylic acid groups (broad SMARTS) is 1. The molecule has 0 aromatic heterocycles. The minimum Gasteiger partial charge on any atom is -0.478 e. The highest BCUT2D eigenvalue weighted by Crippen LogP contribution is 2.42. The second-order valence-corrected chi connectivity index (χ2v) is 6.99. The number of hydrogen-bond donors (Lipinski definition) is 1. The summed E-state index contributed by atoms with van der Waals surface area (Å²) in [5.41, 5.74) is 1.91. The van der Waals surface area contributed by atoms with Crippen molar-refractivity contribution in [2.45, 2.75) is 63.7 Å². The lowest BCUT2D eigenvalue weighted by molar-refractivity contribution is -0.0382. The van der Waals surface area contributed by atoms with E-state index < -0.39 is 11.9 Å². The van der Waals surface area contributed by atoms with Gasteiger partial charge in [-0.25, -0.2) is 13.6 Å². The summed E-state index contributed by atoms with van der Waals surface area (Å²) in [6.07, 6.45) is 0.384. The summed E-state index contributed by atoms with van der Waals surface area (Å²) in [5.74, 6) is -3.66. The van der Waals surface area contributed by atoms with Gasteiger partial charge in [-0.3, -0.25) is 0 Å². The largest absolute Gasteiger partial charge is 0.478 e. The fourth-order valence-corrected chi connectivity index (χ4v) is 2.91. The lowest BCUT2D eigenvalue weighted by Gasteiger charge is -2.30. The molecule has 0 spiro atoms. The molecule has 1 aromatic rings. The average Bonchev–Trinajstić information content (AvgIpc) is 2.37. The molecule has 0 bridgehead atoms. The molecule has 0 heterocycles. The maximum atomic E-state index is 13.3. The van der Waals surface area contributed by atoms with E-state index in [1.807, 2.05) is 12.1 Å². The van der Waals surface area contributed by atoms with Gasteiger partial charge >= 0.3 is 5.97 Å². The van der Waals surface area contributed by atoms with Crippen LogP contribution < -0.4 is 0 Å². The Bertz CT molecular complexity index is 534. The minimum atomic E-state index is -2.60. The number of rotatable bonds is 2. The summed E-state index contributed by atoms with van der Waals surface area (Å²) in [4.78, 5) is 11.4. The predicted octanol–water partition coefficient (Wildman–Crippen LogP) is 4.98. The first kappa shape index (κ1) is 15.9. The van der Waals surface area contributed by atoms with Crippen molar-refractivity contribution in [3.05, 3.63) is 34.9 Å². The molecule has 0 aliphatic heterocycles. The summed E-state index contributed by atoms with van der Waals surface area (Å²) in [7, 11) is 0. The van der Waals surface area contributed by atoms with E-state index in [-0.39, 0.29) is 29.7 Å². The fraction of sp³-hybridized carbons (Fsp3) is 0.588.